The van der Waals surface area contributed by atoms with Crippen molar-refractivity contribution < 1.29 is 9.90 Å². The second-order valence-corrected chi connectivity index (χ2v) is 5.57. The van der Waals surface area contributed by atoms with Gasteiger partial charge in [0.15, 0.2) is 0 Å². The fraction of sp³-hybridized carbons (Fsp3) is 0.0625. The molecule has 1 N–H and O–H groups in total. The Hall–Kier alpha value is -1.97. The molecular formula is C16H11Cl2NO2. The molecule has 0 saturated heterocycles. The van der Waals surface area contributed by atoms with Gasteiger partial charge in [0.2, 0.25) is 0 Å². The number of hydrogen-bond donors (Lipinski definition) is 1. The van der Waals surface area contributed by atoms with Gasteiger partial charge in [0.05, 0.1) is 0 Å². The number of aryl methyl sites for hydroxylation is 1. The van der Waals surface area contributed by atoms with E-state index in [0.29, 0.717) is 21.2 Å². The summed E-state index contributed by atoms with van der Waals surface area (Å²) in [5.41, 5.74) is 2.27. The van der Waals surface area contributed by atoms with Gasteiger partial charge >= 0.3 is 5.97 Å². The number of hydrogen-bond acceptors (Lipinski definition) is 1. The van der Waals surface area contributed by atoms with Crippen molar-refractivity contribution in [3.8, 4) is 11.1 Å². The van der Waals surface area contributed by atoms with Gasteiger partial charge in [-0.3, -0.25) is 0 Å². The highest BCUT2D eigenvalue weighted by molar-refractivity contribution is 6.34. The number of fused-ring (bicyclic) bond motifs is 1. The molecule has 0 aliphatic rings. The van der Waals surface area contributed by atoms with Crippen LogP contribution in [0.25, 0.3) is 22.0 Å². The van der Waals surface area contributed by atoms with Crippen LogP contribution in [0.3, 0.4) is 0 Å². The maximum atomic E-state index is 11.7. The van der Waals surface area contributed by atoms with Crippen LogP contribution in [0.1, 0.15) is 10.5 Å². The van der Waals surface area contributed by atoms with Gasteiger partial charge in [0, 0.05) is 39.1 Å². The predicted octanol–water partition coefficient (Wildman–Crippen LogP) is 4.85. The van der Waals surface area contributed by atoms with Crippen LogP contribution in [0.2, 0.25) is 10.0 Å². The maximum absolute atomic E-state index is 11.7. The fourth-order valence-electron chi connectivity index (χ4n) is 2.60. The number of aromatic carboxylic acids is 1. The highest BCUT2D eigenvalue weighted by Gasteiger charge is 2.23. The second-order valence-electron chi connectivity index (χ2n) is 4.73. The molecule has 5 heteroatoms. The Morgan fingerprint density at radius 2 is 1.86 bits per heavy atom. The van der Waals surface area contributed by atoms with E-state index in [-0.39, 0.29) is 5.69 Å². The van der Waals surface area contributed by atoms with E-state index in [0.717, 1.165) is 10.9 Å². The molecule has 0 saturated carbocycles. The summed E-state index contributed by atoms with van der Waals surface area (Å²) in [5, 5.41) is 11.4. The van der Waals surface area contributed by atoms with Crippen LogP contribution in [0.15, 0.2) is 42.5 Å². The molecule has 1 aromatic heterocycles. The minimum atomic E-state index is -1.00. The summed E-state index contributed by atoms with van der Waals surface area (Å²) in [6.07, 6.45) is 0. The Bertz CT molecular complexity index is 868. The standard InChI is InChI=1S/C16H11Cl2NO2/c1-19-13-7-6-9(17)8-11(13)14(15(19)16(20)21)10-4-2-3-5-12(10)18/h2-8H,1H3,(H,20,21). The molecule has 21 heavy (non-hydrogen) atoms. The van der Waals surface area contributed by atoms with Crippen molar-refractivity contribution >= 4 is 40.1 Å². The van der Waals surface area contributed by atoms with Gasteiger partial charge in [-0.25, -0.2) is 4.79 Å². The van der Waals surface area contributed by atoms with Gasteiger partial charge in [-0.15, -0.1) is 0 Å². The van der Waals surface area contributed by atoms with Gasteiger partial charge in [-0.2, -0.15) is 0 Å². The average Bonchev–Trinajstić information content (AvgIpc) is 2.72. The van der Waals surface area contributed by atoms with E-state index in [1.807, 2.05) is 24.3 Å². The molecule has 0 radical (unpaired) electrons. The van der Waals surface area contributed by atoms with E-state index in [9.17, 15) is 9.90 Å². The summed E-state index contributed by atoms with van der Waals surface area (Å²) in [6, 6.07) is 12.5. The highest BCUT2D eigenvalue weighted by Crippen LogP contribution is 2.38. The molecule has 0 unspecified atom stereocenters. The van der Waals surface area contributed by atoms with Crippen molar-refractivity contribution in [1.29, 1.82) is 0 Å². The maximum Gasteiger partial charge on any atom is 0.353 e. The zero-order valence-electron chi connectivity index (χ0n) is 11.1. The number of aromatic nitrogens is 1. The van der Waals surface area contributed by atoms with E-state index in [4.69, 9.17) is 23.2 Å². The minimum Gasteiger partial charge on any atom is -0.477 e. The predicted molar refractivity (Wildman–Crippen MR) is 85.3 cm³/mol. The zero-order valence-corrected chi connectivity index (χ0v) is 12.6. The first kappa shape index (κ1) is 14.0. The Balaban J connectivity index is 2.50. The number of carboxylic acids is 1. The van der Waals surface area contributed by atoms with E-state index >= 15 is 0 Å². The topological polar surface area (TPSA) is 42.2 Å². The lowest BCUT2D eigenvalue weighted by atomic mass is 10.0. The summed E-state index contributed by atoms with van der Waals surface area (Å²) >= 11 is 12.3. The van der Waals surface area contributed by atoms with E-state index < -0.39 is 5.97 Å². The minimum absolute atomic E-state index is 0.195. The van der Waals surface area contributed by atoms with Crippen molar-refractivity contribution in [1.82, 2.24) is 4.57 Å². The van der Waals surface area contributed by atoms with Gasteiger partial charge in [0.25, 0.3) is 0 Å². The molecule has 0 aliphatic carbocycles. The van der Waals surface area contributed by atoms with Crippen molar-refractivity contribution in [3.05, 3.63) is 58.2 Å². The van der Waals surface area contributed by atoms with Gasteiger partial charge < -0.3 is 9.67 Å². The van der Waals surface area contributed by atoms with Crippen molar-refractivity contribution in [2.45, 2.75) is 0 Å². The third kappa shape index (κ3) is 2.19. The number of carboxylic acid groups (broad SMARTS) is 1. The number of benzene rings is 2. The lowest BCUT2D eigenvalue weighted by Gasteiger charge is -2.05. The quantitative estimate of drug-likeness (QED) is 0.733. The third-order valence-electron chi connectivity index (χ3n) is 3.51. The van der Waals surface area contributed by atoms with Crippen molar-refractivity contribution in [3.63, 3.8) is 0 Å². The number of nitrogens with zero attached hydrogens (tertiary/aromatic N) is 1. The number of halogens is 2. The Morgan fingerprint density at radius 1 is 1.14 bits per heavy atom. The summed E-state index contributed by atoms with van der Waals surface area (Å²) < 4.78 is 1.65. The molecule has 106 valence electrons. The Kier molecular flexibility index (Phi) is 3.40. The van der Waals surface area contributed by atoms with Crippen molar-refractivity contribution in [2.75, 3.05) is 0 Å². The first-order chi connectivity index (χ1) is 10.0. The Labute approximate surface area is 131 Å². The largest absolute Gasteiger partial charge is 0.477 e. The monoisotopic (exact) mass is 319 g/mol. The molecule has 0 fully saturated rings. The molecule has 0 atom stereocenters. The molecule has 3 rings (SSSR count). The highest BCUT2D eigenvalue weighted by atomic mass is 35.5. The average molecular weight is 320 g/mol. The lowest BCUT2D eigenvalue weighted by molar-refractivity contribution is 0.0688. The van der Waals surface area contributed by atoms with E-state index in [1.165, 1.54) is 0 Å². The SMILES string of the molecule is Cn1c(C(=O)O)c(-c2ccccc2Cl)c2cc(Cl)ccc21. The summed E-state index contributed by atoms with van der Waals surface area (Å²) in [7, 11) is 1.72. The number of rotatable bonds is 2. The molecule has 0 amide bonds. The molecule has 0 bridgehead atoms. The molecule has 3 nitrogen and oxygen atoms in total. The third-order valence-corrected chi connectivity index (χ3v) is 4.07. The first-order valence-electron chi connectivity index (χ1n) is 6.27. The van der Waals surface area contributed by atoms with Gasteiger partial charge in [-0.05, 0) is 24.3 Å². The summed E-state index contributed by atoms with van der Waals surface area (Å²) in [4.78, 5) is 11.7. The van der Waals surface area contributed by atoms with Gasteiger partial charge in [-0.1, -0.05) is 41.4 Å². The number of carbonyl (C=O) groups is 1. The van der Waals surface area contributed by atoms with Crippen LogP contribution in [0.5, 0.6) is 0 Å². The Morgan fingerprint density at radius 3 is 2.52 bits per heavy atom. The van der Waals surface area contributed by atoms with Gasteiger partial charge in [0.1, 0.15) is 5.69 Å². The molecule has 2 aromatic carbocycles. The van der Waals surface area contributed by atoms with E-state index in [2.05, 4.69) is 0 Å². The van der Waals surface area contributed by atoms with Crippen LogP contribution in [-0.2, 0) is 7.05 Å². The van der Waals surface area contributed by atoms with Crippen LogP contribution in [0.4, 0.5) is 0 Å². The van der Waals surface area contributed by atoms with Crippen LogP contribution in [-0.4, -0.2) is 15.6 Å². The normalized spacial score (nSPS) is 11.0. The molecule has 0 spiro atoms. The molecule has 0 aliphatic heterocycles. The molecule has 1 heterocycles. The van der Waals surface area contributed by atoms with Crippen LogP contribution in [0, 0.1) is 0 Å². The first-order valence-corrected chi connectivity index (χ1v) is 7.02. The van der Waals surface area contributed by atoms with Crippen LogP contribution < -0.4 is 0 Å². The van der Waals surface area contributed by atoms with Crippen molar-refractivity contribution in [2.24, 2.45) is 7.05 Å². The smallest absolute Gasteiger partial charge is 0.353 e. The van der Waals surface area contributed by atoms with E-state index in [1.54, 1.807) is 29.8 Å². The fourth-order valence-corrected chi connectivity index (χ4v) is 3.01. The zero-order chi connectivity index (χ0) is 15.1. The van der Waals surface area contributed by atoms with Crippen LogP contribution >= 0.6 is 23.2 Å². The molecular weight excluding hydrogens is 309 g/mol. The summed E-state index contributed by atoms with van der Waals surface area (Å²) in [5.74, 6) is -1.00. The lowest BCUT2D eigenvalue weighted by Crippen LogP contribution is -2.05. The second kappa shape index (κ2) is 5.10. The summed E-state index contributed by atoms with van der Waals surface area (Å²) in [6.45, 7) is 0. The molecule has 3 aromatic rings.